The molecule has 0 radical (unpaired) electrons. The van der Waals surface area contributed by atoms with Crippen LogP contribution in [0.2, 0.25) is 0 Å². The van der Waals surface area contributed by atoms with Gasteiger partial charge in [0.25, 0.3) is 5.91 Å². The van der Waals surface area contributed by atoms with Crippen LogP contribution in [-0.2, 0) is 24.7 Å². The summed E-state index contributed by atoms with van der Waals surface area (Å²) in [6.45, 7) is 3.20. The van der Waals surface area contributed by atoms with Crippen LogP contribution in [0.25, 0.3) is 10.9 Å². The van der Waals surface area contributed by atoms with Gasteiger partial charge in [0.05, 0.1) is 23.3 Å². The molecule has 5 rings (SSSR count). The summed E-state index contributed by atoms with van der Waals surface area (Å²) in [5.74, 6) is -0.132. The summed E-state index contributed by atoms with van der Waals surface area (Å²) < 4.78 is 2.07. The number of aliphatic hydroxyl groups is 1. The molecule has 2 heterocycles. The van der Waals surface area contributed by atoms with Gasteiger partial charge in [0, 0.05) is 49.7 Å². The lowest BCUT2D eigenvalue weighted by Crippen LogP contribution is -2.50. The Morgan fingerprint density at radius 3 is 2.56 bits per heavy atom. The van der Waals surface area contributed by atoms with E-state index in [-0.39, 0.29) is 11.8 Å². The number of anilines is 1. The van der Waals surface area contributed by atoms with Crippen LogP contribution in [0, 0.1) is 0 Å². The van der Waals surface area contributed by atoms with Crippen molar-refractivity contribution in [1.82, 2.24) is 15.2 Å². The highest BCUT2D eigenvalue weighted by atomic mass is 16.3. The van der Waals surface area contributed by atoms with E-state index in [9.17, 15) is 14.7 Å². The fourth-order valence-electron chi connectivity index (χ4n) is 6.26. The molecule has 2 aromatic carbocycles. The first-order valence-electron chi connectivity index (χ1n) is 14.6. The second kappa shape index (κ2) is 12.3. The number of hydrogen-bond donors (Lipinski definition) is 3. The standard InChI is InChI=1S/C32H42N4O3/c1-3-23-21-35(2)31-26(23)18-24(19-28(31)36-16-10-15-30(36)38)32(39)34-27(17-22-11-6-4-7-12-22)29(37)20-33-25-13-8-5-9-14-25/h4,6-7,11-12,18-19,21,25,27,29,33,37H,3,5,8-10,13-17,20H2,1-2H3,(H,34,39)/t27-,29+/m0/s1. The van der Waals surface area contributed by atoms with Crippen molar-refractivity contribution in [3.05, 3.63) is 65.4 Å². The van der Waals surface area contributed by atoms with Crippen LogP contribution < -0.4 is 15.5 Å². The van der Waals surface area contributed by atoms with Gasteiger partial charge in [-0.3, -0.25) is 9.59 Å². The molecule has 7 nitrogen and oxygen atoms in total. The molecule has 2 aliphatic rings. The molecule has 1 saturated heterocycles. The van der Waals surface area contributed by atoms with Gasteiger partial charge in [-0.05, 0) is 55.4 Å². The number of benzene rings is 2. The van der Waals surface area contributed by atoms with Gasteiger partial charge in [0.15, 0.2) is 0 Å². The second-order valence-corrected chi connectivity index (χ2v) is 11.2. The van der Waals surface area contributed by atoms with Crippen LogP contribution in [0.5, 0.6) is 0 Å². The van der Waals surface area contributed by atoms with Gasteiger partial charge in [0.2, 0.25) is 5.91 Å². The zero-order valence-corrected chi connectivity index (χ0v) is 23.3. The Kier molecular flexibility index (Phi) is 8.68. The molecule has 3 N–H and O–H groups in total. The molecule has 0 spiro atoms. The molecule has 2 amide bonds. The van der Waals surface area contributed by atoms with Crippen LogP contribution in [0.3, 0.4) is 0 Å². The number of nitrogens with one attached hydrogen (secondary N) is 2. The first-order valence-corrected chi connectivity index (χ1v) is 14.6. The molecule has 0 unspecified atom stereocenters. The molecule has 208 valence electrons. The van der Waals surface area contributed by atoms with Crippen molar-refractivity contribution in [3.63, 3.8) is 0 Å². The van der Waals surface area contributed by atoms with Crippen molar-refractivity contribution >= 4 is 28.4 Å². The van der Waals surface area contributed by atoms with Crippen molar-refractivity contribution in [2.75, 3.05) is 18.0 Å². The number of nitrogens with zero attached hydrogens (tertiary/aromatic N) is 2. The molecule has 1 aliphatic heterocycles. The summed E-state index contributed by atoms with van der Waals surface area (Å²) in [7, 11) is 2.00. The minimum absolute atomic E-state index is 0.0965. The van der Waals surface area contributed by atoms with Crippen LogP contribution in [-0.4, -0.2) is 52.8 Å². The van der Waals surface area contributed by atoms with Crippen molar-refractivity contribution in [2.45, 2.75) is 82.9 Å². The number of fused-ring (bicyclic) bond motifs is 1. The summed E-state index contributed by atoms with van der Waals surface area (Å²) in [6.07, 6.45) is 10.1. The SMILES string of the molecule is CCc1cn(C)c2c(N3CCCC3=O)cc(C(=O)N[C@@H](Cc3ccccc3)[C@H](O)CNC3CCCCC3)cc12. The molecule has 3 aromatic rings. The van der Waals surface area contributed by atoms with Crippen LogP contribution in [0.1, 0.15) is 73.4 Å². The lowest BCUT2D eigenvalue weighted by atomic mass is 9.94. The molecule has 2 fully saturated rings. The van der Waals surface area contributed by atoms with E-state index in [1.807, 2.05) is 54.4 Å². The van der Waals surface area contributed by atoms with E-state index in [0.717, 1.165) is 53.4 Å². The smallest absolute Gasteiger partial charge is 0.251 e. The predicted molar refractivity (Wildman–Crippen MR) is 156 cm³/mol. The zero-order valence-electron chi connectivity index (χ0n) is 23.3. The van der Waals surface area contributed by atoms with E-state index in [1.54, 1.807) is 0 Å². The first kappa shape index (κ1) is 27.4. The fourth-order valence-corrected chi connectivity index (χ4v) is 6.26. The predicted octanol–water partition coefficient (Wildman–Crippen LogP) is 4.49. The molecular weight excluding hydrogens is 488 g/mol. The maximum absolute atomic E-state index is 13.8. The summed E-state index contributed by atoms with van der Waals surface area (Å²) in [6, 6.07) is 13.8. The van der Waals surface area contributed by atoms with E-state index in [4.69, 9.17) is 0 Å². The molecule has 1 aliphatic carbocycles. The van der Waals surface area contributed by atoms with Crippen molar-refractivity contribution in [2.24, 2.45) is 7.05 Å². The summed E-state index contributed by atoms with van der Waals surface area (Å²) >= 11 is 0. The number of hydrogen-bond acceptors (Lipinski definition) is 4. The summed E-state index contributed by atoms with van der Waals surface area (Å²) in [4.78, 5) is 28.4. The first-order chi connectivity index (χ1) is 18.9. The molecular formula is C32H42N4O3. The highest BCUT2D eigenvalue weighted by molar-refractivity contribution is 6.08. The molecule has 1 aromatic heterocycles. The Balaban J connectivity index is 1.42. The topological polar surface area (TPSA) is 86.6 Å². The molecule has 1 saturated carbocycles. The minimum Gasteiger partial charge on any atom is -0.390 e. The Labute approximate surface area is 231 Å². The van der Waals surface area contributed by atoms with Gasteiger partial charge in [-0.25, -0.2) is 0 Å². The normalized spacial score (nSPS) is 18.0. The largest absolute Gasteiger partial charge is 0.390 e. The number of aryl methyl sites for hydroxylation is 2. The molecule has 0 bridgehead atoms. The fraction of sp³-hybridized carbons (Fsp3) is 0.500. The number of amides is 2. The molecule has 39 heavy (non-hydrogen) atoms. The Bertz CT molecular complexity index is 1300. The van der Waals surface area contributed by atoms with Gasteiger partial charge in [-0.15, -0.1) is 0 Å². The number of carbonyl (C=O) groups excluding carboxylic acids is 2. The van der Waals surface area contributed by atoms with Gasteiger partial charge in [0.1, 0.15) is 0 Å². The quantitative estimate of drug-likeness (QED) is 0.361. The molecule has 2 atom stereocenters. The van der Waals surface area contributed by atoms with Gasteiger partial charge < -0.3 is 25.2 Å². The average Bonchev–Trinajstić information content (AvgIpc) is 3.54. The van der Waals surface area contributed by atoms with Gasteiger partial charge in [-0.1, -0.05) is 56.5 Å². The van der Waals surface area contributed by atoms with Crippen LogP contribution >= 0.6 is 0 Å². The minimum atomic E-state index is -0.734. The van der Waals surface area contributed by atoms with Crippen molar-refractivity contribution < 1.29 is 14.7 Å². The highest BCUT2D eigenvalue weighted by Gasteiger charge is 2.28. The Morgan fingerprint density at radius 2 is 1.87 bits per heavy atom. The van der Waals surface area contributed by atoms with E-state index in [2.05, 4.69) is 28.3 Å². The highest BCUT2D eigenvalue weighted by Crippen LogP contribution is 2.34. The molecule has 7 heteroatoms. The second-order valence-electron chi connectivity index (χ2n) is 11.2. The van der Waals surface area contributed by atoms with Gasteiger partial charge in [-0.2, -0.15) is 0 Å². The number of aromatic nitrogens is 1. The lowest BCUT2D eigenvalue weighted by molar-refractivity contribution is -0.117. The van der Waals surface area contributed by atoms with Crippen molar-refractivity contribution in [3.8, 4) is 0 Å². The van der Waals surface area contributed by atoms with E-state index in [1.165, 1.54) is 19.3 Å². The number of carbonyl (C=O) groups is 2. The third kappa shape index (κ3) is 6.20. The third-order valence-corrected chi connectivity index (χ3v) is 8.45. The van der Waals surface area contributed by atoms with Crippen LogP contribution in [0.4, 0.5) is 5.69 Å². The Morgan fingerprint density at radius 1 is 1.10 bits per heavy atom. The summed E-state index contributed by atoms with van der Waals surface area (Å²) in [5.41, 5.74) is 4.50. The zero-order chi connectivity index (χ0) is 27.4. The average molecular weight is 531 g/mol. The third-order valence-electron chi connectivity index (χ3n) is 8.45. The van der Waals surface area contributed by atoms with Gasteiger partial charge >= 0.3 is 0 Å². The Hall–Kier alpha value is -3.16. The van der Waals surface area contributed by atoms with E-state index >= 15 is 0 Å². The number of rotatable bonds is 10. The van der Waals surface area contributed by atoms with E-state index < -0.39 is 12.1 Å². The van der Waals surface area contributed by atoms with Crippen molar-refractivity contribution in [1.29, 1.82) is 0 Å². The maximum Gasteiger partial charge on any atom is 0.251 e. The van der Waals surface area contributed by atoms with Crippen LogP contribution in [0.15, 0.2) is 48.7 Å². The number of aliphatic hydroxyl groups excluding tert-OH is 1. The monoisotopic (exact) mass is 530 g/mol. The lowest BCUT2D eigenvalue weighted by Gasteiger charge is -2.28. The maximum atomic E-state index is 13.8. The van der Waals surface area contributed by atoms with E-state index in [0.29, 0.717) is 37.5 Å². The summed E-state index contributed by atoms with van der Waals surface area (Å²) in [5, 5.41) is 19.0.